The van der Waals surface area contributed by atoms with Crippen molar-refractivity contribution in [3.63, 3.8) is 0 Å². The zero-order chi connectivity index (χ0) is 47.4. The summed E-state index contributed by atoms with van der Waals surface area (Å²) in [4.78, 5) is 83.9. The molecule has 0 radical (unpaired) electrons. The van der Waals surface area contributed by atoms with E-state index in [1.165, 1.54) is 33.3 Å². The number of nitrogens with one attached hydrogen (secondary N) is 2. The van der Waals surface area contributed by atoms with Crippen LogP contribution < -0.4 is 10.7 Å². The van der Waals surface area contributed by atoms with Gasteiger partial charge in [0, 0.05) is 85.8 Å². The van der Waals surface area contributed by atoms with E-state index in [9.17, 15) is 24.0 Å². The van der Waals surface area contributed by atoms with Gasteiger partial charge in [0.1, 0.15) is 24.8 Å². The topological polar surface area (TPSA) is 181 Å². The van der Waals surface area contributed by atoms with Crippen molar-refractivity contribution in [3.05, 3.63) is 58.2 Å². The SMILES string of the molecule is CCn1c(-c2cccnc2[C@H](C)OC)c2c3cc(ccc31)-c1csc(n1)C[C@H](NC(=O)[C@H](C(C)C)N(C)C(=O)N1CCCCN(C(=O)OC)C1)C(=O)N1CCC[C@H](N1)C(=O)OCC(C)(C)C2. The number of hydrogen-bond acceptors (Lipinski definition) is 12. The maximum absolute atomic E-state index is 14.7. The predicted molar refractivity (Wildman–Crippen MR) is 251 cm³/mol. The Bertz CT molecular complexity index is 2430. The van der Waals surface area contributed by atoms with Gasteiger partial charge in [-0.1, -0.05) is 33.8 Å². The van der Waals surface area contributed by atoms with Gasteiger partial charge in [0.2, 0.25) is 5.91 Å². The number of thiazole rings is 1. The standard InChI is InChI=1S/C48H65N9O8S/c1-10-56-38-18-17-31-23-33(38)34(42(56)32-15-13-19-49-40(32)30(4)63-8)25-48(5,6)27-65-45(60)35-16-14-22-57(52-35)44(59)36(24-39-50-37(31)26-66-39)51-43(58)41(29(2)3)53(7)46(61)54-20-11-12-21-55(28-54)47(62)64-9/h13,15,17-19,23,26,29-30,35-36,41,52H,10-12,14,16,20-22,24-25,27-28H2,1-9H3,(H,51,58)/t30-,35-,36-,41-/m0/s1. The number of benzene rings is 1. The molecule has 356 valence electrons. The van der Waals surface area contributed by atoms with Crippen molar-refractivity contribution >= 4 is 52.1 Å². The summed E-state index contributed by atoms with van der Waals surface area (Å²) in [6.45, 7) is 14.0. The first-order valence-corrected chi connectivity index (χ1v) is 23.9. The number of hydrogen-bond donors (Lipinski definition) is 2. The highest BCUT2D eigenvalue weighted by Crippen LogP contribution is 2.42. The number of fused-ring (bicyclic) bond motifs is 6. The molecule has 1 aromatic carbocycles. The number of pyridine rings is 1. The number of hydrazine groups is 1. The quantitative estimate of drug-likeness (QED) is 0.187. The van der Waals surface area contributed by atoms with Gasteiger partial charge in [-0.25, -0.2) is 20.0 Å². The van der Waals surface area contributed by atoms with Gasteiger partial charge >= 0.3 is 18.1 Å². The molecule has 3 aliphatic heterocycles. The lowest BCUT2D eigenvalue weighted by Crippen LogP contribution is -2.62. The highest BCUT2D eigenvalue weighted by Gasteiger charge is 2.39. The maximum atomic E-state index is 14.7. The maximum Gasteiger partial charge on any atom is 0.410 e. The molecule has 0 unspecified atom stereocenters. The monoisotopic (exact) mass is 927 g/mol. The van der Waals surface area contributed by atoms with Crippen LogP contribution in [0.3, 0.4) is 0 Å². The van der Waals surface area contributed by atoms with Crippen LogP contribution >= 0.6 is 11.3 Å². The first-order valence-electron chi connectivity index (χ1n) is 23.0. The minimum absolute atomic E-state index is 0.0242. The van der Waals surface area contributed by atoms with Gasteiger partial charge in [0.05, 0.1) is 41.9 Å². The zero-order valence-electron chi connectivity index (χ0n) is 39.7. The number of nitrogens with zero attached hydrogens (tertiary/aromatic N) is 7. The van der Waals surface area contributed by atoms with Crippen molar-refractivity contribution in [3.8, 4) is 22.5 Å². The molecule has 2 saturated heterocycles. The summed E-state index contributed by atoms with van der Waals surface area (Å²) in [5.41, 5.74) is 9.22. The van der Waals surface area contributed by atoms with E-state index in [0.717, 1.165) is 44.7 Å². The second-order valence-electron chi connectivity index (χ2n) is 18.7. The summed E-state index contributed by atoms with van der Waals surface area (Å²) >= 11 is 1.40. The fourth-order valence-corrected chi connectivity index (χ4v) is 10.3. The van der Waals surface area contributed by atoms with Crippen LogP contribution in [0.15, 0.2) is 41.9 Å². The summed E-state index contributed by atoms with van der Waals surface area (Å²) in [6, 6.07) is 7.10. The molecule has 0 aliphatic carbocycles. The number of esters is 1. The molecule has 6 bridgehead atoms. The smallest absolute Gasteiger partial charge is 0.410 e. The minimum Gasteiger partial charge on any atom is -0.464 e. The molecule has 0 saturated carbocycles. The second kappa shape index (κ2) is 20.5. The minimum atomic E-state index is -1.10. The van der Waals surface area contributed by atoms with E-state index in [1.54, 1.807) is 25.3 Å². The average Bonchev–Trinajstić information content (AvgIpc) is 3.80. The summed E-state index contributed by atoms with van der Waals surface area (Å²) in [6.07, 6.45) is 3.99. The molecule has 18 heteroatoms. The molecular weight excluding hydrogens is 863 g/mol. The Kier molecular flexibility index (Phi) is 15.0. The third kappa shape index (κ3) is 10.2. The number of methoxy groups -OCH3 is 2. The number of cyclic esters (lactones) is 1. The van der Waals surface area contributed by atoms with E-state index < -0.39 is 53.4 Å². The van der Waals surface area contributed by atoms with Crippen LogP contribution in [0.25, 0.3) is 33.4 Å². The normalized spacial score (nSPS) is 20.3. The van der Waals surface area contributed by atoms with E-state index in [2.05, 4.69) is 60.3 Å². The molecule has 2 fully saturated rings. The molecule has 4 atom stereocenters. The van der Waals surface area contributed by atoms with Crippen molar-refractivity contribution in [1.29, 1.82) is 0 Å². The van der Waals surface area contributed by atoms with Crippen molar-refractivity contribution in [2.24, 2.45) is 11.3 Å². The number of likely N-dealkylation sites (N-methyl/N-ethyl adjacent to an activating group) is 1. The Morgan fingerprint density at radius 3 is 2.53 bits per heavy atom. The fraction of sp³-hybridized carbons (Fsp3) is 0.562. The summed E-state index contributed by atoms with van der Waals surface area (Å²) in [5, 5.41) is 8.06. The van der Waals surface area contributed by atoms with Crippen molar-refractivity contribution in [1.82, 2.24) is 45.0 Å². The summed E-state index contributed by atoms with van der Waals surface area (Å²) < 4.78 is 19.2. The Balaban J connectivity index is 1.26. The Morgan fingerprint density at radius 2 is 1.82 bits per heavy atom. The number of rotatable bonds is 8. The third-order valence-corrected chi connectivity index (χ3v) is 13.8. The Hall–Kier alpha value is -5.59. The first kappa shape index (κ1) is 48.3. The van der Waals surface area contributed by atoms with Gasteiger partial charge in [-0.2, -0.15) is 0 Å². The highest BCUT2D eigenvalue weighted by molar-refractivity contribution is 7.10. The van der Waals surface area contributed by atoms with Gasteiger partial charge in [0.15, 0.2) is 0 Å². The Labute approximate surface area is 391 Å². The molecule has 17 nitrogen and oxygen atoms in total. The molecule has 66 heavy (non-hydrogen) atoms. The number of urea groups is 1. The molecule has 6 heterocycles. The summed E-state index contributed by atoms with van der Waals surface area (Å²) in [5.74, 6) is -1.77. The molecule has 5 amide bonds. The van der Waals surface area contributed by atoms with Gasteiger partial charge in [0.25, 0.3) is 5.91 Å². The van der Waals surface area contributed by atoms with E-state index >= 15 is 0 Å². The second-order valence-corrected chi connectivity index (χ2v) is 19.6. The molecule has 2 N–H and O–H groups in total. The zero-order valence-corrected chi connectivity index (χ0v) is 40.5. The Morgan fingerprint density at radius 1 is 1.06 bits per heavy atom. The first-order chi connectivity index (χ1) is 31.5. The van der Waals surface area contributed by atoms with Crippen LogP contribution in [0.1, 0.15) is 89.6 Å². The van der Waals surface area contributed by atoms with Crippen LogP contribution in [0.5, 0.6) is 0 Å². The van der Waals surface area contributed by atoms with Crippen LogP contribution in [-0.4, -0.2) is 136 Å². The van der Waals surface area contributed by atoms with Crippen LogP contribution in [0.4, 0.5) is 9.59 Å². The van der Waals surface area contributed by atoms with Gasteiger partial charge in [-0.05, 0) is 81.7 Å². The van der Waals surface area contributed by atoms with Crippen molar-refractivity contribution in [2.75, 3.05) is 54.2 Å². The molecule has 3 aromatic heterocycles. The van der Waals surface area contributed by atoms with E-state index in [1.807, 2.05) is 32.2 Å². The lowest BCUT2D eigenvalue weighted by Gasteiger charge is -2.37. The number of carbonyl (C=O) groups excluding carboxylic acids is 5. The van der Waals surface area contributed by atoms with E-state index in [-0.39, 0.29) is 31.7 Å². The number of amides is 5. The number of carbonyl (C=O) groups is 5. The number of ether oxygens (including phenoxy) is 3. The van der Waals surface area contributed by atoms with Gasteiger partial charge < -0.3 is 33.9 Å². The average molecular weight is 928 g/mol. The van der Waals surface area contributed by atoms with Crippen LogP contribution in [0.2, 0.25) is 0 Å². The van der Waals surface area contributed by atoms with Crippen molar-refractivity contribution < 1.29 is 38.2 Å². The summed E-state index contributed by atoms with van der Waals surface area (Å²) in [7, 11) is 4.55. The molecular formula is C48H65N9O8S. The van der Waals surface area contributed by atoms with E-state index in [0.29, 0.717) is 63.3 Å². The third-order valence-electron chi connectivity index (χ3n) is 12.9. The van der Waals surface area contributed by atoms with Gasteiger partial charge in [-0.15, -0.1) is 11.3 Å². The fourth-order valence-electron chi connectivity index (χ4n) is 9.48. The van der Waals surface area contributed by atoms with Crippen LogP contribution in [-0.2, 0) is 48.0 Å². The van der Waals surface area contributed by atoms with Crippen molar-refractivity contribution in [2.45, 2.75) is 111 Å². The van der Waals surface area contributed by atoms with Crippen LogP contribution in [0, 0.1) is 11.3 Å². The molecule has 7 rings (SSSR count). The van der Waals surface area contributed by atoms with Gasteiger partial charge in [-0.3, -0.25) is 29.3 Å². The number of aromatic nitrogens is 3. The predicted octanol–water partition coefficient (Wildman–Crippen LogP) is 6.40. The van der Waals surface area contributed by atoms with E-state index in [4.69, 9.17) is 24.2 Å². The molecule has 3 aliphatic rings. The lowest BCUT2D eigenvalue weighted by molar-refractivity contribution is -0.155. The molecule has 4 aromatic rings. The lowest BCUT2D eigenvalue weighted by atomic mass is 9.84. The number of aryl methyl sites for hydroxylation is 1. The largest absolute Gasteiger partial charge is 0.464 e. The highest BCUT2D eigenvalue weighted by atomic mass is 32.1. The molecule has 0 spiro atoms.